The fourth-order valence-corrected chi connectivity index (χ4v) is 2.12. The lowest BCUT2D eigenvalue weighted by atomic mass is 10.1. The number of aliphatic hydroxyl groups excluding tert-OH is 1. The third-order valence-electron chi connectivity index (χ3n) is 2.57. The number of hydrogen-bond acceptors (Lipinski definition) is 4. The molecule has 6 nitrogen and oxygen atoms in total. The molecule has 0 fully saturated rings. The highest BCUT2D eigenvalue weighted by molar-refractivity contribution is 9.10. The number of amides is 1. The van der Waals surface area contributed by atoms with E-state index in [1.165, 1.54) is 6.07 Å². The van der Waals surface area contributed by atoms with Crippen LogP contribution in [0.5, 0.6) is 0 Å². The van der Waals surface area contributed by atoms with Crippen LogP contribution in [-0.4, -0.2) is 22.5 Å². The average Bonchev–Trinajstić information content (AvgIpc) is 2.32. The van der Waals surface area contributed by atoms with Gasteiger partial charge in [-0.2, -0.15) is 0 Å². The van der Waals surface area contributed by atoms with E-state index in [-0.39, 0.29) is 24.6 Å². The third kappa shape index (κ3) is 4.60. The lowest BCUT2D eigenvalue weighted by Gasteiger charge is -2.08. The second-order valence-electron chi connectivity index (χ2n) is 4.10. The van der Waals surface area contributed by atoms with Crippen LogP contribution in [0.4, 0.5) is 11.4 Å². The number of nitrogens with one attached hydrogen (secondary N) is 1. The van der Waals surface area contributed by atoms with Crippen molar-refractivity contribution in [3.05, 3.63) is 32.3 Å². The van der Waals surface area contributed by atoms with Gasteiger partial charge in [-0.25, -0.2) is 0 Å². The predicted molar refractivity (Wildman–Crippen MR) is 75.1 cm³/mol. The van der Waals surface area contributed by atoms with Gasteiger partial charge in [0, 0.05) is 29.1 Å². The van der Waals surface area contributed by atoms with Crippen LogP contribution in [0.3, 0.4) is 0 Å². The third-order valence-corrected chi connectivity index (χ3v) is 3.22. The van der Waals surface area contributed by atoms with Crippen molar-refractivity contribution in [2.24, 2.45) is 0 Å². The second kappa shape index (κ2) is 7.20. The Hall–Kier alpha value is -1.47. The Kier molecular flexibility index (Phi) is 5.91. The maximum atomic E-state index is 11.6. The first-order valence-corrected chi connectivity index (χ1v) is 6.60. The number of nitro benzene ring substituents is 1. The number of carbonyl (C=O) groups is 1. The first-order valence-electron chi connectivity index (χ1n) is 5.81. The molecule has 2 N–H and O–H groups in total. The molecule has 0 saturated heterocycles. The van der Waals surface area contributed by atoms with Crippen LogP contribution in [0.15, 0.2) is 16.6 Å². The summed E-state index contributed by atoms with van der Waals surface area (Å²) in [5, 5.41) is 22.1. The van der Waals surface area contributed by atoms with Crippen molar-refractivity contribution in [2.75, 3.05) is 11.9 Å². The zero-order chi connectivity index (χ0) is 14.4. The molecule has 0 spiro atoms. The number of unbranched alkanes of at least 4 members (excludes halogenated alkanes) is 1. The predicted octanol–water partition coefficient (Wildman–Crippen LogP) is 2.77. The van der Waals surface area contributed by atoms with E-state index in [1.54, 1.807) is 13.0 Å². The minimum absolute atomic E-state index is 0.0335. The molecular weight excluding hydrogens is 316 g/mol. The summed E-state index contributed by atoms with van der Waals surface area (Å²) in [4.78, 5) is 22.0. The molecule has 0 unspecified atom stereocenters. The number of nitro groups is 1. The second-order valence-corrected chi connectivity index (χ2v) is 4.96. The van der Waals surface area contributed by atoms with Crippen molar-refractivity contribution in [1.29, 1.82) is 0 Å². The summed E-state index contributed by atoms with van der Waals surface area (Å²) < 4.78 is 0.603. The molecular formula is C12H15BrN2O4. The highest BCUT2D eigenvalue weighted by Crippen LogP contribution is 2.30. The van der Waals surface area contributed by atoms with Gasteiger partial charge >= 0.3 is 0 Å². The zero-order valence-corrected chi connectivity index (χ0v) is 12.1. The maximum Gasteiger partial charge on any atom is 0.274 e. The summed E-state index contributed by atoms with van der Waals surface area (Å²) >= 11 is 3.26. The SMILES string of the molecule is Cc1cc(Br)c(NC(=O)CCCCO)cc1[N+](=O)[O-]. The Morgan fingerprint density at radius 1 is 1.47 bits per heavy atom. The number of carbonyl (C=O) groups excluding carboxylic acids is 1. The zero-order valence-electron chi connectivity index (χ0n) is 10.5. The molecule has 0 saturated carbocycles. The van der Waals surface area contributed by atoms with Crippen LogP contribution in [-0.2, 0) is 4.79 Å². The molecule has 0 aliphatic carbocycles. The Morgan fingerprint density at radius 2 is 2.16 bits per heavy atom. The van der Waals surface area contributed by atoms with Gasteiger partial charge < -0.3 is 10.4 Å². The lowest BCUT2D eigenvalue weighted by Crippen LogP contribution is -2.12. The van der Waals surface area contributed by atoms with E-state index < -0.39 is 4.92 Å². The van der Waals surface area contributed by atoms with Crippen molar-refractivity contribution in [1.82, 2.24) is 0 Å². The molecule has 0 aliphatic rings. The topological polar surface area (TPSA) is 92.5 Å². The van der Waals surface area contributed by atoms with Gasteiger partial charge in [-0.3, -0.25) is 14.9 Å². The maximum absolute atomic E-state index is 11.6. The van der Waals surface area contributed by atoms with Crippen molar-refractivity contribution < 1.29 is 14.8 Å². The lowest BCUT2D eigenvalue weighted by molar-refractivity contribution is -0.385. The molecule has 0 heterocycles. The van der Waals surface area contributed by atoms with Crippen molar-refractivity contribution in [3.63, 3.8) is 0 Å². The van der Waals surface area contributed by atoms with Gasteiger partial charge in [0.05, 0.1) is 10.6 Å². The van der Waals surface area contributed by atoms with Gasteiger partial charge in [-0.05, 0) is 41.8 Å². The van der Waals surface area contributed by atoms with Gasteiger partial charge in [0.15, 0.2) is 0 Å². The van der Waals surface area contributed by atoms with Crippen molar-refractivity contribution >= 4 is 33.2 Å². The van der Waals surface area contributed by atoms with E-state index in [4.69, 9.17) is 5.11 Å². The van der Waals surface area contributed by atoms with Crippen LogP contribution in [0.2, 0.25) is 0 Å². The minimum atomic E-state index is -0.483. The highest BCUT2D eigenvalue weighted by Gasteiger charge is 2.15. The van der Waals surface area contributed by atoms with E-state index in [0.717, 1.165) is 0 Å². The smallest absolute Gasteiger partial charge is 0.274 e. The molecule has 0 radical (unpaired) electrons. The molecule has 1 rings (SSSR count). The standard InChI is InChI=1S/C12H15BrN2O4/c1-8-6-9(13)10(7-11(8)15(18)19)14-12(17)4-2-3-5-16/h6-7,16H,2-5H2,1H3,(H,14,17). The van der Waals surface area contributed by atoms with Gasteiger partial charge in [-0.15, -0.1) is 0 Å². The summed E-state index contributed by atoms with van der Waals surface area (Å²) in [5.41, 5.74) is 0.871. The van der Waals surface area contributed by atoms with Crippen LogP contribution in [0.25, 0.3) is 0 Å². The van der Waals surface area contributed by atoms with E-state index in [2.05, 4.69) is 21.2 Å². The summed E-state index contributed by atoms with van der Waals surface area (Å²) in [6.45, 7) is 1.68. The van der Waals surface area contributed by atoms with E-state index in [9.17, 15) is 14.9 Å². The van der Waals surface area contributed by atoms with Crippen molar-refractivity contribution in [2.45, 2.75) is 26.2 Å². The molecule has 0 bridgehead atoms. The number of nitrogens with zero attached hydrogens (tertiary/aromatic N) is 1. The van der Waals surface area contributed by atoms with E-state index in [0.29, 0.717) is 28.6 Å². The van der Waals surface area contributed by atoms with Gasteiger partial charge in [0.25, 0.3) is 5.69 Å². The number of benzene rings is 1. The molecule has 19 heavy (non-hydrogen) atoms. The number of hydrogen-bond donors (Lipinski definition) is 2. The molecule has 0 atom stereocenters. The number of aryl methyl sites for hydroxylation is 1. The van der Waals surface area contributed by atoms with E-state index in [1.807, 2.05) is 0 Å². The fourth-order valence-electron chi connectivity index (χ4n) is 1.56. The molecule has 0 aromatic heterocycles. The molecule has 1 aromatic carbocycles. The molecule has 0 aliphatic heterocycles. The highest BCUT2D eigenvalue weighted by atomic mass is 79.9. The molecule has 1 aromatic rings. The Morgan fingerprint density at radius 3 is 2.74 bits per heavy atom. The molecule has 104 valence electrons. The largest absolute Gasteiger partial charge is 0.396 e. The van der Waals surface area contributed by atoms with Crippen LogP contribution >= 0.6 is 15.9 Å². The normalized spacial score (nSPS) is 10.3. The number of halogens is 1. The van der Waals surface area contributed by atoms with Gasteiger partial charge in [0.2, 0.25) is 5.91 Å². The number of aliphatic hydroxyl groups is 1. The molecule has 7 heteroatoms. The van der Waals surface area contributed by atoms with Gasteiger partial charge in [-0.1, -0.05) is 0 Å². The summed E-state index contributed by atoms with van der Waals surface area (Å²) in [6.07, 6.45) is 1.41. The van der Waals surface area contributed by atoms with Crippen LogP contribution in [0.1, 0.15) is 24.8 Å². The summed E-state index contributed by atoms with van der Waals surface area (Å²) in [6, 6.07) is 2.94. The van der Waals surface area contributed by atoms with Crippen molar-refractivity contribution in [3.8, 4) is 0 Å². The number of anilines is 1. The van der Waals surface area contributed by atoms with Crippen LogP contribution < -0.4 is 5.32 Å². The Balaban J connectivity index is 2.80. The molecule has 1 amide bonds. The first-order chi connectivity index (χ1) is 8.95. The Bertz CT molecular complexity index is 491. The summed E-state index contributed by atoms with van der Waals surface area (Å²) in [7, 11) is 0. The number of rotatable bonds is 6. The minimum Gasteiger partial charge on any atom is -0.396 e. The first kappa shape index (κ1) is 15.6. The average molecular weight is 331 g/mol. The van der Waals surface area contributed by atoms with Gasteiger partial charge in [0.1, 0.15) is 0 Å². The fraction of sp³-hybridized carbons (Fsp3) is 0.417. The van der Waals surface area contributed by atoms with E-state index >= 15 is 0 Å². The van der Waals surface area contributed by atoms with Crippen LogP contribution in [0, 0.1) is 17.0 Å². The summed E-state index contributed by atoms with van der Waals surface area (Å²) in [5.74, 6) is -0.229. The Labute approximate surface area is 119 Å². The quantitative estimate of drug-likeness (QED) is 0.476. The monoisotopic (exact) mass is 330 g/mol.